The molecule has 0 spiro atoms. The minimum atomic E-state index is -1.09. The molecule has 0 saturated carbocycles. The van der Waals surface area contributed by atoms with Crippen LogP contribution in [-0.2, 0) is 4.79 Å². The number of esters is 1. The first-order valence-corrected chi connectivity index (χ1v) is 11.9. The molecule has 0 saturated heterocycles. The van der Waals surface area contributed by atoms with Crippen molar-refractivity contribution in [3.63, 3.8) is 0 Å². The summed E-state index contributed by atoms with van der Waals surface area (Å²) < 4.78 is 11.5. The molecule has 0 aliphatic rings. The number of carbonyl (C=O) groups excluding carboxylic acids is 2. The Bertz CT molecular complexity index is 1630. The molecule has 1 amide bonds. The second-order valence-electron chi connectivity index (χ2n) is 7.96. The van der Waals surface area contributed by atoms with Gasteiger partial charge in [-0.25, -0.2) is 9.59 Å². The van der Waals surface area contributed by atoms with Crippen LogP contribution in [0, 0.1) is 11.3 Å². The summed E-state index contributed by atoms with van der Waals surface area (Å²) in [7, 11) is 1.41. The van der Waals surface area contributed by atoms with Gasteiger partial charge in [-0.2, -0.15) is 5.26 Å². The first-order chi connectivity index (χ1) is 18.3. The maximum atomic E-state index is 13.0. The number of ether oxygens (including phenoxy) is 2. The van der Waals surface area contributed by atoms with Gasteiger partial charge in [-0.1, -0.05) is 36.4 Å². The molecule has 0 aliphatic carbocycles. The maximum absolute atomic E-state index is 13.0. The van der Waals surface area contributed by atoms with Gasteiger partial charge in [0.15, 0.2) is 11.5 Å². The van der Waals surface area contributed by atoms with Crippen LogP contribution in [0.3, 0.4) is 0 Å². The summed E-state index contributed by atoms with van der Waals surface area (Å²) in [5.41, 5.74) is 1.02. The minimum Gasteiger partial charge on any atom is -0.493 e. The average molecular weight is 571 g/mol. The van der Waals surface area contributed by atoms with Gasteiger partial charge in [0.1, 0.15) is 11.6 Å². The fourth-order valence-corrected chi connectivity index (χ4v) is 4.22. The molecule has 0 aromatic heterocycles. The summed E-state index contributed by atoms with van der Waals surface area (Å²) in [5, 5.41) is 22.8. The van der Waals surface area contributed by atoms with Crippen molar-refractivity contribution in [2.24, 2.45) is 0 Å². The van der Waals surface area contributed by atoms with E-state index in [1.807, 2.05) is 36.4 Å². The molecule has 0 fully saturated rings. The lowest BCUT2D eigenvalue weighted by molar-refractivity contribution is -0.112. The lowest BCUT2D eigenvalue weighted by Crippen LogP contribution is -2.13. The standard InChI is InChI=1S/C29H19BrN2O6/c1-37-25-15-17(13-20(16-31)27(33)32-21-11-9-19(10-12-21)28(34)35)14-24(30)26(25)38-29(36)23-8-4-6-18-5-2-3-7-22(18)23/h2-15H,1H3,(H,32,33)(H,34,35)/b20-13+. The molecule has 8 nitrogen and oxygen atoms in total. The summed E-state index contributed by atoms with van der Waals surface area (Å²) in [6.45, 7) is 0. The van der Waals surface area contributed by atoms with Crippen molar-refractivity contribution in [2.75, 3.05) is 12.4 Å². The van der Waals surface area contributed by atoms with Crippen LogP contribution in [-0.4, -0.2) is 30.1 Å². The Morgan fingerprint density at radius 3 is 2.39 bits per heavy atom. The minimum absolute atomic E-state index is 0.0669. The number of nitrogens with zero attached hydrogens (tertiary/aromatic N) is 1. The molecule has 0 unspecified atom stereocenters. The van der Waals surface area contributed by atoms with E-state index >= 15 is 0 Å². The first-order valence-electron chi connectivity index (χ1n) is 11.1. The van der Waals surface area contributed by atoms with Gasteiger partial charge in [-0.05, 0) is 80.8 Å². The van der Waals surface area contributed by atoms with E-state index in [1.165, 1.54) is 43.5 Å². The van der Waals surface area contributed by atoms with E-state index < -0.39 is 17.8 Å². The Morgan fingerprint density at radius 2 is 1.71 bits per heavy atom. The Kier molecular flexibility index (Phi) is 7.85. The molecular formula is C29H19BrN2O6. The molecule has 4 rings (SSSR count). The molecule has 4 aromatic carbocycles. The zero-order valence-corrected chi connectivity index (χ0v) is 21.5. The number of carbonyl (C=O) groups is 3. The highest BCUT2D eigenvalue weighted by molar-refractivity contribution is 9.10. The number of nitriles is 1. The lowest BCUT2D eigenvalue weighted by atomic mass is 10.0. The molecule has 0 aliphatic heterocycles. The van der Waals surface area contributed by atoms with E-state index in [9.17, 15) is 19.6 Å². The summed E-state index contributed by atoms with van der Waals surface area (Å²) in [5.74, 6) is -2.00. The number of fused-ring (bicyclic) bond motifs is 1. The maximum Gasteiger partial charge on any atom is 0.344 e. The smallest absolute Gasteiger partial charge is 0.344 e. The predicted molar refractivity (Wildman–Crippen MR) is 145 cm³/mol. The van der Waals surface area contributed by atoms with Gasteiger partial charge in [0.05, 0.1) is 22.7 Å². The molecule has 0 heterocycles. The van der Waals surface area contributed by atoms with E-state index in [2.05, 4.69) is 21.2 Å². The van der Waals surface area contributed by atoms with Crippen LogP contribution in [0.2, 0.25) is 0 Å². The van der Waals surface area contributed by atoms with Gasteiger partial charge in [0, 0.05) is 5.69 Å². The van der Waals surface area contributed by atoms with Crippen LogP contribution in [0.5, 0.6) is 11.5 Å². The van der Waals surface area contributed by atoms with Crippen LogP contribution >= 0.6 is 15.9 Å². The largest absolute Gasteiger partial charge is 0.493 e. The fraction of sp³-hybridized carbons (Fsp3) is 0.0345. The molecule has 188 valence electrons. The Hall–Kier alpha value is -4.94. The van der Waals surface area contributed by atoms with Crippen molar-refractivity contribution in [1.82, 2.24) is 0 Å². The van der Waals surface area contributed by atoms with Gasteiger partial charge < -0.3 is 19.9 Å². The second-order valence-corrected chi connectivity index (χ2v) is 8.81. The normalized spacial score (nSPS) is 10.9. The highest BCUT2D eigenvalue weighted by Crippen LogP contribution is 2.38. The van der Waals surface area contributed by atoms with Crippen molar-refractivity contribution in [2.45, 2.75) is 0 Å². The first kappa shape index (κ1) is 26.1. The number of hydrogen-bond acceptors (Lipinski definition) is 6. The molecule has 2 N–H and O–H groups in total. The number of carboxylic acids is 1. The molecule has 0 radical (unpaired) electrons. The van der Waals surface area contributed by atoms with E-state index in [1.54, 1.807) is 18.2 Å². The molecule has 4 aromatic rings. The second kappa shape index (κ2) is 11.4. The molecule has 0 atom stereocenters. The van der Waals surface area contributed by atoms with E-state index in [0.29, 0.717) is 21.3 Å². The number of halogens is 1. The third-order valence-electron chi connectivity index (χ3n) is 5.52. The van der Waals surface area contributed by atoms with Crippen molar-refractivity contribution in [3.8, 4) is 17.6 Å². The highest BCUT2D eigenvalue weighted by Gasteiger charge is 2.19. The number of benzene rings is 4. The third-order valence-corrected chi connectivity index (χ3v) is 6.11. The topological polar surface area (TPSA) is 126 Å². The fourth-order valence-electron chi connectivity index (χ4n) is 3.68. The SMILES string of the molecule is COc1cc(/C=C(\C#N)C(=O)Nc2ccc(C(=O)O)cc2)cc(Br)c1OC(=O)c1cccc2ccccc12. The summed E-state index contributed by atoms with van der Waals surface area (Å²) in [4.78, 5) is 36.7. The number of anilines is 1. The van der Waals surface area contributed by atoms with Crippen LogP contribution in [0.4, 0.5) is 5.69 Å². The highest BCUT2D eigenvalue weighted by atomic mass is 79.9. The van der Waals surface area contributed by atoms with E-state index in [0.717, 1.165) is 10.8 Å². The van der Waals surface area contributed by atoms with Crippen LogP contribution < -0.4 is 14.8 Å². The Balaban J connectivity index is 1.58. The summed E-state index contributed by atoms with van der Waals surface area (Å²) in [6, 6.07) is 23.3. The van der Waals surface area contributed by atoms with Gasteiger partial charge in [0.2, 0.25) is 0 Å². The van der Waals surface area contributed by atoms with Crippen molar-refractivity contribution in [1.29, 1.82) is 5.26 Å². The van der Waals surface area contributed by atoms with E-state index in [4.69, 9.17) is 14.6 Å². The number of methoxy groups -OCH3 is 1. The van der Waals surface area contributed by atoms with Gasteiger partial charge >= 0.3 is 11.9 Å². The molecule has 0 bridgehead atoms. The van der Waals surface area contributed by atoms with Crippen LogP contribution in [0.1, 0.15) is 26.3 Å². The zero-order chi connectivity index (χ0) is 27.2. The number of carboxylic acid groups (broad SMARTS) is 1. The summed E-state index contributed by atoms with van der Waals surface area (Å²) in [6.07, 6.45) is 1.35. The summed E-state index contributed by atoms with van der Waals surface area (Å²) >= 11 is 3.39. The van der Waals surface area contributed by atoms with E-state index in [-0.39, 0.29) is 22.6 Å². The molecule has 9 heteroatoms. The zero-order valence-electron chi connectivity index (χ0n) is 19.9. The number of nitrogens with one attached hydrogen (secondary N) is 1. The van der Waals surface area contributed by atoms with Gasteiger partial charge in [-0.15, -0.1) is 0 Å². The molecular weight excluding hydrogens is 552 g/mol. The van der Waals surface area contributed by atoms with Crippen LogP contribution in [0.25, 0.3) is 16.8 Å². The lowest BCUT2D eigenvalue weighted by Gasteiger charge is -2.13. The van der Waals surface area contributed by atoms with Gasteiger partial charge in [0.25, 0.3) is 5.91 Å². The average Bonchev–Trinajstić information content (AvgIpc) is 2.92. The number of rotatable bonds is 7. The molecule has 38 heavy (non-hydrogen) atoms. The van der Waals surface area contributed by atoms with Crippen LogP contribution in [0.15, 0.2) is 88.9 Å². The monoisotopic (exact) mass is 570 g/mol. The van der Waals surface area contributed by atoms with Crippen molar-refractivity contribution >= 4 is 56.3 Å². The van der Waals surface area contributed by atoms with Crippen molar-refractivity contribution in [3.05, 3.63) is 106 Å². The third kappa shape index (κ3) is 5.72. The predicted octanol–water partition coefficient (Wildman–Crippen LogP) is 6.07. The Morgan fingerprint density at radius 1 is 1.00 bits per heavy atom. The quantitative estimate of drug-likeness (QED) is 0.119. The number of amides is 1. The number of aromatic carboxylic acids is 1. The number of hydrogen-bond donors (Lipinski definition) is 2. The van der Waals surface area contributed by atoms with Crippen molar-refractivity contribution < 1.29 is 29.0 Å². The van der Waals surface area contributed by atoms with Gasteiger partial charge in [-0.3, -0.25) is 4.79 Å². The Labute approximate surface area is 225 Å².